The van der Waals surface area contributed by atoms with Crippen LogP contribution in [0.5, 0.6) is 0 Å². The summed E-state index contributed by atoms with van der Waals surface area (Å²) >= 11 is 0. The van der Waals surface area contributed by atoms with Gasteiger partial charge < -0.3 is 4.53 Å². The summed E-state index contributed by atoms with van der Waals surface area (Å²) in [4.78, 5) is 0.622. The minimum absolute atomic E-state index is 0.0806. The van der Waals surface area contributed by atoms with E-state index in [1.165, 1.54) is 6.21 Å². The molecule has 3 nitrogen and oxygen atoms in total. The molecule has 0 fully saturated rings. The van der Waals surface area contributed by atoms with Crippen LogP contribution in [0.25, 0.3) is 0 Å². The van der Waals surface area contributed by atoms with Crippen LogP contribution in [0.2, 0.25) is 18.1 Å². The van der Waals surface area contributed by atoms with E-state index in [1.54, 1.807) is 0 Å². The van der Waals surface area contributed by atoms with Crippen LogP contribution in [0, 0.1) is 5.21 Å². The van der Waals surface area contributed by atoms with Gasteiger partial charge in [-0.2, -0.15) is 0 Å². The molecule has 0 aromatic carbocycles. The Morgan fingerprint density at radius 2 is 1.85 bits per heavy atom. The number of rotatable bonds is 3. The second kappa shape index (κ2) is 4.13. The van der Waals surface area contributed by atoms with Crippen molar-refractivity contribution in [3.63, 3.8) is 0 Å². The quantitative estimate of drug-likeness (QED) is 0.306. The van der Waals surface area contributed by atoms with Crippen molar-refractivity contribution < 1.29 is 9.43 Å². The highest BCUT2D eigenvalue weighted by atomic mass is 28.4. The summed E-state index contributed by atoms with van der Waals surface area (Å²) in [5.41, 5.74) is 0. The zero-order valence-corrected chi connectivity index (χ0v) is 10.5. The molecule has 0 aliphatic rings. The SMILES string of the molecule is CC/C=[N+](\[O-])O[Si](C)(C)C(C)(C)C. The first-order valence-electron chi connectivity index (χ1n) is 4.69. The highest BCUT2D eigenvalue weighted by molar-refractivity contribution is 6.73. The number of hydrogen-bond acceptors (Lipinski definition) is 2. The average molecular weight is 203 g/mol. The Kier molecular flexibility index (Phi) is 3.97. The third-order valence-electron chi connectivity index (χ3n) is 2.46. The molecule has 0 aliphatic heterocycles. The van der Waals surface area contributed by atoms with E-state index in [9.17, 15) is 5.21 Å². The second-order valence-corrected chi connectivity index (χ2v) is 9.43. The predicted octanol–water partition coefficient (Wildman–Crippen LogP) is 2.91. The first-order valence-corrected chi connectivity index (χ1v) is 7.60. The molecule has 13 heavy (non-hydrogen) atoms. The molecule has 0 amide bonds. The maximum Gasteiger partial charge on any atom is 0.209 e. The fourth-order valence-corrected chi connectivity index (χ4v) is 1.35. The van der Waals surface area contributed by atoms with Gasteiger partial charge in [0.2, 0.25) is 6.21 Å². The normalized spacial score (nSPS) is 14.5. The topological polar surface area (TPSA) is 35.3 Å². The highest BCUT2D eigenvalue weighted by Crippen LogP contribution is 2.36. The van der Waals surface area contributed by atoms with Gasteiger partial charge in [0, 0.05) is 11.3 Å². The van der Waals surface area contributed by atoms with Gasteiger partial charge in [-0.1, -0.05) is 40.8 Å². The summed E-state index contributed by atoms with van der Waals surface area (Å²) in [7, 11) is -1.92. The lowest BCUT2D eigenvalue weighted by Gasteiger charge is -2.37. The van der Waals surface area contributed by atoms with Gasteiger partial charge in [0.25, 0.3) is 0 Å². The molecule has 0 rings (SSSR count). The monoisotopic (exact) mass is 203 g/mol. The van der Waals surface area contributed by atoms with Crippen molar-refractivity contribution >= 4 is 14.5 Å². The molecule has 0 unspecified atom stereocenters. The van der Waals surface area contributed by atoms with Crippen molar-refractivity contribution in [3.8, 4) is 0 Å². The van der Waals surface area contributed by atoms with Crippen LogP contribution >= 0.6 is 0 Å². The third-order valence-corrected chi connectivity index (χ3v) is 6.70. The molecule has 0 saturated carbocycles. The molecule has 0 spiro atoms. The maximum atomic E-state index is 11.2. The van der Waals surface area contributed by atoms with Crippen LogP contribution in [-0.2, 0) is 4.53 Å². The first kappa shape index (κ1) is 12.5. The third kappa shape index (κ3) is 3.80. The van der Waals surface area contributed by atoms with E-state index >= 15 is 0 Å². The van der Waals surface area contributed by atoms with Gasteiger partial charge >= 0.3 is 0 Å². The average Bonchev–Trinajstić information content (AvgIpc) is 1.83. The highest BCUT2D eigenvalue weighted by Gasteiger charge is 2.36. The summed E-state index contributed by atoms with van der Waals surface area (Å²) < 4.78 is 5.40. The Hall–Kier alpha value is -0.513. The molecule has 0 radical (unpaired) electrons. The van der Waals surface area contributed by atoms with Crippen LogP contribution in [0.1, 0.15) is 34.1 Å². The summed E-state index contributed by atoms with van der Waals surface area (Å²) in [5.74, 6) is 0. The smallest absolute Gasteiger partial charge is 0.209 e. The Labute approximate surface area is 82.1 Å². The molecule has 0 aliphatic carbocycles. The van der Waals surface area contributed by atoms with E-state index in [1.807, 2.05) is 6.92 Å². The standard InChI is InChI=1S/C9H21NO2Si/c1-7-8-10(11)12-13(5,6)9(2,3)4/h8H,7H2,1-6H3/b10-8+. The zero-order chi connectivity index (χ0) is 10.7. The molecule has 78 valence electrons. The Morgan fingerprint density at radius 3 is 2.15 bits per heavy atom. The summed E-state index contributed by atoms with van der Waals surface area (Å²) in [6.07, 6.45) is 2.22. The molecule has 0 aromatic heterocycles. The van der Waals surface area contributed by atoms with E-state index < -0.39 is 8.32 Å². The molecule has 0 N–H and O–H groups in total. The van der Waals surface area contributed by atoms with Crippen LogP contribution < -0.4 is 0 Å². The Morgan fingerprint density at radius 1 is 1.38 bits per heavy atom. The van der Waals surface area contributed by atoms with Gasteiger partial charge in [-0.15, -0.1) is 0 Å². The van der Waals surface area contributed by atoms with E-state index in [2.05, 4.69) is 33.9 Å². The van der Waals surface area contributed by atoms with Gasteiger partial charge in [-0.25, -0.2) is 0 Å². The van der Waals surface area contributed by atoms with Gasteiger partial charge in [0.05, 0.1) is 0 Å². The number of nitrogens with zero attached hydrogens (tertiary/aromatic N) is 1. The van der Waals surface area contributed by atoms with E-state index in [0.29, 0.717) is 11.3 Å². The van der Waals surface area contributed by atoms with Crippen LogP contribution in [0.3, 0.4) is 0 Å². The Balaban J connectivity index is 4.43. The zero-order valence-electron chi connectivity index (χ0n) is 9.55. The lowest BCUT2D eigenvalue weighted by atomic mass is 10.2. The summed E-state index contributed by atoms with van der Waals surface area (Å²) in [6, 6.07) is 0. The Bertz CT molecular complexity index is 194. The lowest BCUT2D eigenvalue weighted by molar-refractivity contribution is -0.702. The first-order chi connectivity index (χ1) is 5.70. The van der Waals surface area contributed by atoms with Crippen molar-refractivity contribution in [1.29, 1.82) is 0 Å². The second-order valence-electron chi connectivity index (χ2n) is 4.73. The van der Waals surface area contributed by atoms with Crippen molar-refractivity contribution in [3.05, 3.63) is 5.21 Å². The van der Waals surface area contributed by atoms with E-state index in [4.69, 9.17) is 4.53 Å². The van der Waals surface area contributed by atoms with Crippen LogP contribution in [-0.4, -0.2) is 19.4 Å². The molecule has 4 heteroatoms. The predicted molar refractivity (Wildman–Crippen MR) is 58.3 cm³/mol. The lowest BCUT2D eigenvalue weighted by Crippen LogP contribution is -2.43. The van der Waals surface area contributed by atoms with Crippen molar-refractivity contribution in [2.75, 3.05) is 0 Å². The molecule has 0 atom stereocenters. The molecule has 0 bridgehead atoms. The molecule has 0 saturated heterocycles. The van der Waals surface area contributed by atoms with Crippen molar-refractivity contribution in [2.45, 2.75) is 52.2 Å². The molecule has 0 heterocycles. The minimum atomic E-state index is -1.92. The maximum absolute atomic E-state index is 11.2. The molecular weight excluding hydrogens is 182 g/mol. The minimum Gasteiger partial charge on any atom is -0.443 e. The largest absolute Gasteiger partial charge is 0.443 e. The van der Waals surface area contributed by atoms with Crippen molar-refractivity contribution in [1.82, 2.24) is 0 Å². The van der Waals surface area contributed by atoms with E-state index in [-0.39, 0.29) is 5.04 Å². The molecular formula is C9H21NO2Si. The van der Waals surface area contributed by atoms with Gasteiger partial charge in [-0.3, -0.25) is 5.21 Å². The fraction of sp³-hybridized carbons (Fsp3) is 0.889. The van der Waals surface area contributed by atoms with Gasteiger partial charge in [0.1, 0.15) is 0 Å². The van der Waals surface area contributed by atoms with E-state index in [0.717, 1.165) is 0 Å². The molecule has 0 aromatic rings. The number of hydrogen-bond donors (Lipinski definition) is 0. The van der Waals surface area contributed by atoms with Crippen LogP contribution in [0.15, 0.2) is 0 Å². The fourth-order valence-electron chi connectivity index (χ4n) is 0.548. The summed E-state index contributed by atoms with van der Waals surface area (Å²) in [5, 5.41) is 11.3. The van der Waals surface area contributed by atoms with Gasteiger partial charge in [0.15, 0.2) is 8.32 Å². The van der Waals surface area contributed by atoms with Crippen molar-refractivity contribution in [2.24, 2.45) is 0 Å². The summed E-state index contributed by atoms with van der Waals surface area (Å²) in [6.45, 7) is 12.4. The van der Waals surface area contributed by atoms with Gasteiger partial charge in [-0.05, 0) is 5.04 Å². The van der Waals surface area contributed by atoms with Crippen LogP contribution in [0.4, 0.5) is 0 Å².